The predicted molar refractivity (Wildman–Crippen MR) is 30.5 cm³/mol. The van der Waals surface area contributed by atoms with Crippen LogP contribution in [0.15, 0.2) is 17.1 Å². The van der Waals surface area contributed by atoms with E-state index in [9.17, 15) is 0 Å². The van der Waals surface area contributed by atoms with Gasteiger partial charge in [-0.1, -0.05) is 18.3 Å². The van der Waals surface area contributed by atoms with E-state index in [1.807, 2.05) is 0 Å². The zero-order valence-electron chi connectivity index (χ0n) is 3.29. The van der Waals surface area contributed by atoms with E-state index >= 15 is 0 Å². The maximum Gasteiger partial charge on any atom is 0.0836 e. The number of hydrogen-bond donors (Lipinski definition) is 1. The van der Waals surface area contributed by atoms with E-state index in [4.69, 9.17) is 5.84 Å². The first-order valence-electron chi connectivity index (χ1n) is 1.40. The lowest BCUT2D eigenvalue weighted by atomic mass is 11.3. The number of hydrazone groups is 1. The third-order valence-electron chi connectivity index (χ3n) is 0.218. The van der Waals surface area contributed by atoms with Gasteiger partial charge in [-0.25, -0.2) is 0 Å². The quantitative estimate of drug-likeness (QED) is 0.242. The standard InChI is InChI=1S/C3H6N2S/c1-2-6-3-5-4/h2-3H,1,4H2/b5-3-. The Bertz CT molecular complexity index is 59.8. The van der Waals surface area contributed by atoms with E-state index in [0.29, 0.717) is 0 Å². The molecule has 34 valence electrons. The van der Waals surface area contributed by atoms with Gasteiger partial charge in [-0.2, -0.15) is 5.10 Å². The molecular formula is C3H6N2S. The number of hydrogen-bond acceptors (Lipinski definition) is 3. The van der Waals surface area contributed by atoms with Gasteiger partial charge in [0.2, 0.25) is 0 Å². The fraction of sp³-hybridized carbons (Fsp3) is 0. The summed E-state index contributed by atoms with van der Waals surface area (Å²) in [5, 5.41) is 4.84. The highest BCUT2D eigenvalue weighted by Crippen LogP contribution is 1.89. The monoisotopic (exact) mass is 102 g/mol. The predicted octanol–water partition coefficient (Wildman–Crippen LogP) is 0.765. The third kappa shape index (κ3) is 3.56. The summed E-state index contributed by atoms with van der Waals surface area (Å²) in [5.41, 5.74) is 1.51. The SMILES string of the molecule is C=CS/C=N\N. The Kier molecular flexibility index (Phi) is 4.23. The van der Waals surface area contributed by atoms with Crippen LogP contribution >= 0.6 is 11.8 Å². The molecule has 0 aromatic carbocycles. The van der Waals surface area contributed by atoms with Gasteiger partial charge in [-0.3, -0.25) is 0 Å². The van der Waals surface area contributed by atoms with Crippen molar-refractivity contribution in [3.05, 3.63) is 12.0 Å². The van der Waals surface area contributed by atoms with Crippen LogP contribution in [0.2, 0.25) is 0 Å². The van der Waals surface area contributed by atoms with Crippen molar-refractivity contribution in [3.63, 3.8) is 0 Å². The maximum atomic E-state index is 4.72. The van der Waals surface area contributed by atoms with Crippen LogP contribution in [-0.2, 0) is 0 Å². The second-order valence-electron chi connectivity index (χ2n) is 0.557. The van der Waals surface area contributed by atoms with Crippen LogP contribution in [0.3, 0.4) is 0 Å². The highest BCUT2D eigenvalue weighted by molar-refractivity contribution is 8.14. The minimum Gasteiger partial charge on any atom is -0.323 e. The normalized spacial score (nSPS) is 9.33. The van der Waals surface area contributed by atoms with Crippen molar-refractivity contribution in [3.8, 4) is 0 Å². The lowest BCUT2D eigenvalue weighted by Crippen LogP contribution is -1.74. The van der Waals surface area contributed by atoms with Crippen LogP contribution in [-0.4, -0.2) is 5.55 Å². The summed E-state index contributed by atoms with van der Waals surface area (Å²) >= 11 is 1.36. The van der Waals surface area contributed by atoms with Crippen molar-refractivity contribution >= 4 is 17.3 Å². The van der Waals surface area contributed by atoms with Crippen LogP contribution in [0.25, 0.3) is 0 Å². The number of nitrogens with two attached hydrogens (primary N) is 1. The maximum absolute atomic E-state index is 4.72. The molecule has 3 heteroatoms. The van der Waals surface area contributed by atoms with Gasteiger partial charge in [0.15, 0.2) is 0 Å². The molecule has 0 bridgehead atoms. The Balaban J connectivity index is 2.85. The molecule has 0 fully saturated rings. The zero-order chi connectivity index (χ0) is 4.83. The summed E-state index contributed by atoms with van der Waals surface area (Å²) < 4.78 is 0. The molecule has 0 aliphatic rings. The molecule has 2 nitrogen and oxygen atoms in total. The van der Waals surface area contributed by atoms with Crippen molar-refractivity contribution in [1.82, 2.24) is 0 Å². The summed E-state index contributed by atoms with van der Waals surface area (Å²) in [7, 11) is 0. The van der Waals surface area contributed by atoms with E-state index in [2.05, 4.69) is 11.7 Å². The van der Waals surface area contributed by atoms with Gasteiger partial charge in [0, 0.05) is 0 Å². The summed E-state index contributed by atoms with van der Waals surface area (Å²) in [6, 6.07) is 0. The van der Waals surface area contributed by atoms with E-state index in [0.717, 1.165) is 0 Å². The zero-order valence-corrected chi connectivity index (χ0v) is 4.11. The van der Waals surface area contributed by atoms with Crippen LogP contribution in [0.4, 0.5) is 0 Å². The molecule has 0 aromatic rings. The van der Waals surface area contributed by atoms with Crippen molar-refractivity contribution in [2.24, 2.45) is 10.9 Å². The average Bonchev–Trinajstić information content (AvgIpc) is 1.61. The molecule has 0 unspecified atom stereocenters. The second kappa shape index (κ2) is 4.56. The Hall–Kier alpha value is -0.440. The Morgan fingerprint density at radius 2 is 2.50 bits per heavy atom. The van der Waals surface area contributed by atoms with Gasteiger partial charge in [0.05, 0.1) is 5.55 Å². The highest BCUT2D eigenvalue weighted by Gasteiger charge is 1.59. The van der Waals surface area contributed by atoms with Crippen LogP contribution in [0.1, 0.15) is 0 Å². The van der Waals surface area contributed by atoms with Gasteiger partial charge in [0.1, 0.15) is 0 Å². The van der Waals surface area contributed by atoms with Crippen molar-refractivity contribution < 1.29 is 0 Å². The molecule has 0 saturated carbocycles. The van der Waals surface area contributed by atoms with Crippen LogP contribution < -0.4 is 5.84 Å². The molecule has 2 N–H and O–H groups in total. The first kappa shape index (κ1) is 5.56. The molecule has 0 aromatic heterocycles. The van der Waals surface area contributed by atoms with Crippen LogP contribution in [0.5, 0.6) is 0 Å². The second-order valence-corrected chi connectivity index (χ2v) is 1.37. The van der Waals surface area contributed by atoms with E-state index < -0.39 is 0 Å². The summed E-state index contributed by atoms with van der Waals surface area (Å²) in [6.07, 6.45) is 0. The molecule has 0 atom stereocenters. The Labute approximate surface area is 41.1 Å². The van der Waals surface area contributed by atoms with E-state index in [1.165, 1.54) is 17.3 Å². The Morgan fingerprint density at radius 3 is 2.67 bits per heavy atom. The third-order valence-corrected chi connectivity index (χ3v) is 0.654. The molecule has 0 heterocycles. The first-order valence-corrected chi connectivity index (χ1v) is 2.34. The summed E-state index contributed by atoms with van der Waals surface area (Å²) in [5.74, 6) is 4.72. The topological polar surface area (TPSA) is 38.4 Å². The first-order chi connectivity index (χ1) is 2.91. The highest BCUT2D eigenvalue weighted by atomic mass is 32.2. The lowest BCUT2D eigenvalue weighted by Gasteiger charge is -1.70. The summed E-state index contributed by atoms with van der Waals surface area (Å²) in [6.45, 7) is 3.41. The molecule has 0 saturated heterocycles. The molecular weight excluding hydrogens is 96.1 g/mol. The molecule has 0 spiro atoms. The van der Waals surface area contributed by atoms with Gasteiger partial charge in [0.25, 0.3) is 0 Å². The minimum absolute atomic E-state index is 1.36. The van der Waals surface area contributed by atoms with Gasteiger partial charge >= 0.3 is 0 Å². The fourth-order valence-corrected chi connectivity index (χ4v) is 0.235. The van der Waals surface area contributed by atoms with Gasteiger partial charge in [-0.05, 0) is 5.41 Å². The van der Waals surface area contributed by atoms with Gasteiger partial charge < -0.3 is 5.84 Å². The number of thioether (sulfide) groups is 1. The fourth-order valence-electron chi connectivity index (χ4n) is 0.0782. The largest absolute Gasteiger partial charge is 0.323 e. The average molecular weight is 102 g/mol. The smallest absolute Gasteiger partial charge is 0.0836 e. The molecule has 0 aliphatic heterocycles. The molecule has 0 radical (unpaired) electrons. The Morgan fingerprint density at radius 1 is 1.83 bits per heavy atom. The van der Waals surface area contributed by atoms with Crippen molar-refractivity contribution in [1.29, 1.82) is 0 Å². The number of rotatable bonds is 2. The molecule has 6 heavy (non-hydrogen) atoms. The van der Waals surface area contributed by atoms with E-state index in [-0.39, 0.29) is 0 Å². The van der Waals surface area contributed by atoms with Crippen LogP contribution in [0, 0.1) is 0 Å². The summed E-state index contributed by atoms with van der Waals surface area (Å²) in [4.78, 5) is 0. The molecule has 0 rings (SSSR count). The van der Waals surface area contributed by atoms with Crippen molar-refractivity contribution in [2.45, 2.75) is 0 Å². The molecule has 0 amide bonds. The lowest BCUT2D eigenvalue weighted by molar-refractivity contribution is 1.27. The van der Waals surface area contributed by atoms with Gasteiger partial charge in [-0.15, -0.1) is 0 Å². The van der Waals surface area contributed by atoms with E-state index in [1.54, 1.807) is 5.41 Å². The minimum atomic E-state index is 1.36. The van der Waals surface area contributed by atoms with Crippen molar-refractivity contribution in [2.75, 3.05) is 0 Å². The molecule has 0 aliphatic carbocycles. The number of nitrogens with zero attached hydrogens (tertiary/aromatic N) is 1.